The van der Waals surface area contributed by atoms with Crippen molar-refractivity contribution in [3.63, 3.8) is 0 Å². The molecule has 0 bridgehead atoms. The molecule has 16 heavy (non-hydrogen) atoms. The summed E-state index contributed by atoms with van der Waals surface area (Å²) in [6.45, 7) is 5.70. The van der Waals surface area contributed by atoms with Gasteiger partial charge in [-0.05, 0) is 26.7 Å². The second kappa shape index (κ2) is 6.48. The lowest BCUT2D eigenvalue weighted by Gasteiger charge is -2.26. The van der Waals surface area contributed by atoms with Crippen LogP contribution in [0.2, 0.25) is 0 Å². The second-order valence-corrected chi connectivity index (χ2v) is 4.22. The fourth-order valence-electron chi connectivity index (χ4n) is 1.53. The van der Waals surface area contributed by atoms with Crippen LogP contribution in [0.3, 0.4) is 0 Å². The molecule has 0 aromatic rings. The molecule has 0 aliphatic carbocycles. The maximum absolute atomic E-state index is 11.4. The zero-order valence-corrected chi connectivity index (χ0v) is 9.99. The number of nitrogens with one attached hydrogen (secondary N) is 1. The number of rotatable bonds is 6. The minimum atomic E-state index is -0.0713. The van der Waals surface area contributed by atoms with Crippen LogP contribution in [0.5, 0.6) is 0 Å². The van der Waals surface area contributed by atoms with Crippen molar-refractivity contribution in [2.45, 2.75) is 32.8 Å². The van der Waals surface area contributed by atoms with Crippen LogP contribution in [-0.2, 0) is 14.3 Å². The average Bonchev–Trinajstić information content (AvgIpc) is 2.22. The number of hydrogen-bond acceptors (Lipinski definition) is 3. The molecule has 0 unspecified atom stereocenters. The highest BCUT2D eigenvalue weighted by molar-refractivity contribution is 5.92. The van der Waals surface area contributed by atoms with Crippen LogP contribution in [0.25, 0.3) is 0 Å². The van der Waals surface area contributed by atoms with Crippen molar-refractivity contribution in [3.8, 4) is 0 Å². The van der Waals surface area contributed by atoms with Crippen molar-refractivity contribution in [3.05, 3.63) is 0 Å². The van der Waals surface area contributed by atoms with Gasteiger partial charge in [-0.3, -0.25) is 9.59 Å². The van der Waals surface area contributed by atoms with E-state index in [4.69, 9.17) is 4.74 Å². The minimum absolute atomic E-state index is 0.00405. The predicted octanol–water partition coefficient (Wildman–Crippen LogP) is 0.150. The first-order valence-electron chi connectivity index (χ1n) is 5.75. The fourth-order valence-corrected chi connectivity index (χ4v) is 1.53. The highest BCUT2D eigenvalue weighted by Crippen LogP contribution is 2.00. The molecule has 0 saturated carbocycles. The molecule has 0 aromatic carbocycles. The summed E-state index contributed by atoms with van der Waals surface area (Å²) in [5, 5.41) is 2.52. The topological polar surface area (TPSA) is 58.6 Å². The Bertz CT molecular complexity index is 254. The van der Waals surface area contributed by atoms with E-state index < -0.39 is 0 Å². The van der Waals surface area contributed by atoms with Gasteiger partial charge in [0.25, 0.3) is 0 Å². The molecule has 1 heterocycles. The lowest BCUT2D eigenvalue weighted by atomic mass is 10.2. The lowest BCUT2D eigenvalue weighted by molar-refractivity contribution is -0.140. The van der Waals surface area contributed by atoms with Crippen LogP contribution in [0, 0.1) is 0 Å². The molecule has 0 aromatic heterocycles. The van der Waals surface area contributed by atoms with Crippen LogP contribution >= 0.6 is 0 Å². The Balaban J connectivity index is 2.11. The van der Waals surface area contributed by atoms with E-state index in [0.29, 0.717) is 13.2 Å². The molecule has 0 radical (unpaired) electrons. The van der Waals surface area contributed by atoms with Gasteiger partial charge in [-0.15, -0.1) is 0 Å². The summed E-state index contributed by atoms with van der Waals surface area (Å²) < 4.78 is 5.40. The molecule has 1 fully saturated rings. The summed E-state index contributed by atoms with van der Waals surface area (Å²) in [6.07, 6.45) is 2.05. The van der Waals surface area contributed by atoms with Gasteiger partial charge in [-0.2, -0.15) is 0 Å². The summed E-state index contributed by atoms with van der Waals surface area (Å²) in [6, 6.07) is 0. The van der Waals surface area contributed by atoms with Gasteiger partial charge in [0.05, 0.1) is 19.2 Å². The average molecular weight is 228 g/mol. The summed E-state index contributed by atoms with van der Waals surface area (Å²) >= 11 is 0. The van der Waals surface area contributed by atoms with Crippen molar-refractivity contribution in [1.29, 1.82) is 0 Å². The molecule has 92 valence electrons. The Kier molecular flexibility index (Phi) is 5.25. The first-order valence-corrected chi connectivity index (χ1v) is 5.75. The van der Waals surface area contributed by atoms with Gasteiger partial charge in [0.15, 0.2) is 0 Å². The zero-order chi connectivity index (χ0) is 12.0. The maximum atomic E-state index is 11.4. The van der Waals surface area contributed by atoms with Crippen molar-refractivity contribution >= 4 is 11.8 Å². The summed E-state index contributed by atoms with van der Waals surface area (Å²) in [5.74, 6) is -0.0672. The molecule has 5 nitrogen and oxygen atoms in total. The van der Waals surface area contributed by atoms with Gasteiger partial charge in [-0.25, -0.2) is 0 Å². The van der Waals surface area contributed by atoms with Crippen molar-refractivity contribution in [1.82, 2.24) is 10.2 Å². The minimum Gasteiger partial charge on any atom is -0.379 e. The number of carbonyl (C=O) groups excluding carboxylic acids is 2. The molecule has 1 N–H and O–H groups in total. The molecule has 1 rings (SSSR count). The van der Waals surface area contributed by atoms with Crippen molar-refractivity contribution in [2.75, 3.05) is 26.2 Å². The Morgan fingerprint density at radius 1 is 1.38 bits per heavy atom. The zero-order valence-electron chi connectivity index (χ0n) is 9.99. The molecule has 2 amide bonds. The Morgan fingerprint density at radius 3 is 2.81 bits per heavy atom. The number of hydrogen-bond donors (Lipinski definition) is 1. The third-order valence-corrected chi connectivity index (χ3v) is 2.40. The molecular weight excluding hydrogens is 208 g/mol. The number of nitrogens with zero attached hydrogens (tertiary/aromatic N) is 1. The molecule has 5 heteroatoms. The van der Waals surface area contributed by atoms with Crippen molar-refractivity contribution in [2.24, 2.45) is 0 Å². The normalized spacial score (nSPS) is 16.8. The number of ether oxygens (including phenoxy) is 1. The van der Waals surface area contributed by atoms with E-state index in [2.05, 4.69) is 5.32 Å². The third-order valence-electron chi connectivity index (χ3n) is 2.40. The van der Waals surface area contributed by atoms with E-state index in [1.807, 2.05) is 13.8 Å². The third kappa shape index (κ3) is 4.61. The van der Waals surface area contributed by atoms with Crippen LogP contribution in [0.4, 0.5) is 0 Å². The van der Waals surface area contributed by atoms with Gasteiger partial charge in [0.2, 0.25) is 11.8 Å². The highest BCUT2D eigenvalue weighted by atomic mass is 16.5. The summed E-state index contributed by atoms with van der Waals surface area (Å²) in [7, 11) is 0. The number of amides is 2. The quantitative estimate of drug-likeness (QED) is 0.658. The predicted molar refractivity (Wildman–Crippen MR) is 59.9 cm³/mol. The number of piperazine rings is 1. The number of unbranched alkanes of at least 4 members (excludes halogenated alkanes) is 1. The Labute approximate surface area is 96.1 Å². The van der Waals surface area contributed by atoms with E-state index in [9.17, 15) is 9.59 Å². The van der Waals surface area contributed by atoms with Gasteiger partial charge in [-0.1, -0.05) is 0 Å². The molecule has 1 aliphatic rings. The highest BCUT2D eigenvalue weighted by Gasteiger charge is 2.21. The van der Waals surface area contributed by atoms with Gasteiger partial charge >= 0.3 is 0 Å². The van der Waals surface area contributed by atoms with E-state index >= 15 is 0 Å². The molecule has 1 saturated heterocycles. The molecule has 1 aliphatic heterocycles. The summed E-state index contributed by atoms with van der Waals surface area (Å²) in [5.41, 5.74) is 0. The van der Waals surface area contributed by atoms with E-state index in [1.54, 1.807) is 4.90 Å². The SMILES string of the molecule is CC(C)OCCCCN1CC(=O)NCC1=O. The van der Waals surface area contributed by atoms with Crippen LogP contribution in [-0.4, -0.2) is 49.1 Å². The van der Waals surface area contributed by atoms with Crippen LogP contribution in [0.1, 0.15) is 26.7 Å². The molecular formula is C11H20N2O3. The number of carbonyl (C=O) groups is 2. The van der Waals surface area contributed by atoms with Crippen molar-refractivity contribution < 1.29 is 14.3 Å². The second-order valence-electron chi connectivity index (χ2n) is 4.22. The smallest absolute Gasteiger partial charge is 0.242 e. The van der Waals surface area contributed by atoms with E-state index in [-0.39, 0.29) is 31.0 Å². The van der Waals surface area contributed by atoms with Crippen LogP contribution in [0.15, 0.2) is 0 Å². The molecule has 0 atom stereocenters. The lowest BCUT2D eigenvalue weighted by Crippen LogP contribution is -2.51. The first kappa shape index (κ1) is 13.0. The Morgan fingerprint density at radius 2 is 2.12 bits per heavy atom. The van der Waals surface area contributed by atoms with Crippen LogP contribution < -0.4 is 5.32 Å². The first-order chi connectivity index (χ1) is 7.59. The van der Waals surface area contributed by atoms with Gasteiger partial charge in [0, 0.05) is 13.2 Å². The monoisotopic (exact) mass is 228 g/mol. The maximum Gasteiger partial charge on any atom is 0.242 e. The Hall–Kier alpha value is -1.10. The van der Waals surface area contributed by atoms with Gasteiger partial charge in [0.1, 0.15) is 0 Å². The molecule has 0 spiro atoms. The largest absolute Gasteiger partial charge is 0.379 e. The standard InChI is InChI=1S/C11H20N2O3/c1-9(2)16-6-4-3-5-13-8-10(14)12-7-11(13)15/h9H,3-8H2,1-2H3,(H,12,14). The van der Waals surface area contributed by atoms with Gasteiger partial charge < -0.3 is 15.0 Å². The summed E-state index contributed by atoms with van der Waals surface area (Å²) in [4.78, 5) is 24.1. The fraction of sp³-hybridized carbons (Fsp3) is 0.818. The van der Waals surface area contributed by atoms with E-state index in [1.165, 1.54) is 0 Å². The van der Waals surface area contributed by atoms with E-state index in [0.717, 1.165) is 12.8 Å².